The van der Waals surface area contributed by atoms with Gasteiger partial charge in [0.15, 0.2) is 4.34 Å². The first-order chi connectivity index (χ1) is 13.1. The van der Waals surface area contributed by atoms with E-state index in [0.717, 1.165) is 25.7 Å². The molecule has 2 heterocycles. The van der Waals surface area contributed by atoms with E-state index >= 15 is 0 Å². The predicted octanol–water partition coefficient (Wildman–Crippen LogP) is 5.31. The summed E-state index contributed by atoms with van der Waals surface area (Å²) < 4.78 is 0.822. The molecular weight excluding hydrogens is 400 g/mol. The van der Waals surface area contributed by atoms with Crippen LogP contribution in [0.25, 0.3) is 10.9 Å². The maximum Gasteiger partial charge on any atom is 0.228 e. The molecule has 8 heteroatoms. The topological polar surface area (TPSA) is 70.7 Å². The van der Waals surface area contributed by atoms with Crippen LogP contribution in [0.2, 0.25) is 5.02 Å². The zero-order valence-corrected chi connectivity index (χ0v) is 16.7. The van der Waals surface area contributed by atoms with Gasteiger partial charge in [0.25, 0.3) is 0 Å². The van der Waals surface area contributed by atoms with E-state index in [1.54, 1.807) is 11.6 Å². The molecule has 2 aromatic heterocycles. The summed E-state index contributed by atoms with van der Waals surface area (Å²) in [5.74, 6) is -0.0860. The summed E-state index contributed by atoms with van der Waals surface area (Å²) in [6, 6.07) is 11.6. The molecule has 27 heavy (non-hydrogen) atoms. The maximum atomic E-state index is 12.5. The number of benzene rings is 2. The standard InChI is InChI=1S/C19H15ClN4OS2/c1-11-2-4-14-12(9-21-16(14)6-11)7-18(25)23-13-3-5-17(15(20)8-13)27-19-24-22-10-26-19/h2-6,8-10,21H,7H2,1H3,(H,23,25). The van der Waals surface area contributed by atoms with Crippen LogP contribution in [0.5, 0.6) is 0 Å². The van der Waals surface area contributed by atoms with Crippen LogP contribution in [-0.2, 0) is 11.2 Å². The molecule has 0 spiro atoms. The zero-order valence-electron chi connectivity index (χ0n) is 14.3. The average Bonchev–Trinajstić information content (AvgIpc) is 3.27. The Hall–Kier alpha value is -2.35. The molecule has 1 amide bonds. The number of aromatic nitrogens is 3. The molecule has 2 aromatic carbocycles. The molecule has 0 aliphatic heterocycles. The molecule has 4 aromatic rings. The number of H-pyrrole nitrogens is 1. The predicted molar refractivity (Wildman–Crippen MR) is 111 cm³/mol. The highest BCUT2D eigenvalue weighted by molar-refractivity contribution is 8.01. The maximum absolute atomic E-state index is 12.5. The minimum absolute atomic E-state index is 0.0860. The quantitative estimate of drug-likeness (QED) is 0.464. The van der Waals surface area contributed by atoms with E-state index in [2.05, 4.69) is 26.6 Å². The normalized spacial score (nSPS) is 11.0. The van der Waals surface area contributed by atoms with E-state index in [-0.39, 0.29) is 5.91 Å². The molecule has 0 aliphatic carbocycles. The van der Waals surface area contributed by atoms with E-state index in [1.807, 2.05) is 37.4 Å². The van der Waals surface area contributed by atoms with Gasteiger partial charge in [-0.05, 0) is 42.3 Å². The number of nitrogens with one attached hydrogen (secondary N) is 2. The van der Waals surface area contributed by atoms with Gasteiger partial charge in [0, 0.05) is 27.7 Å². The van der Waals surface area contributed by atoms with Crippen molar-refractivity contribution >= 4 is 57.2 Å². The molecule has 0 unspecified atom stereocenters. The van der Waals surface area contributed by atoms with E-state index in [0.29, 0.717) is 17.1 Å². The summed E-state index contributed by atoms with van der Waals surface area (Å²) in [5, 5.41) is 12.4. The number of carbonyl (C=O) groups excluding carboxylic acids is 1. The monoisotopic (exact) mass is 414 g/mol. The highest BCUT2D eigenvalue weighted by Gasteiger charge is 2.11. The Morgan fingerprint density at radius 1 is 1.30 bits per heavy atom. The van der Waals surface area contributed by atoms with Crippen molar-refractivity contribution in [1.29, 1.82) is 0 Å². The number of halogens is 1. The molecule has 0 bridgehead atoms. The lowest BCUT2D eigenvalue weighted by Gasteiger charge is -2.08. The number of amides is 1. The molecule has 4 rings (SSSR count). The molecule has 0 saturated heterocycles. The van der Waals surface area contributed by atoms with Crippen LogP contribution in [0.15, 0.2) is 57.3 Å². The smallest absolute Gasteiger partial charge is 0.228 e. The Morgan fingerprint density at radius 2 is 2.19 bits per heavy atom. The van der Waals surface area contributed by atoms with Crippen molar-refractivity contribution < 1.29 is 4.79 Å². The lowest BCUT2D eigenvalue weighted by molar-refractivity contribution is -0.115. The van der Waals surface area contributed by atoms with Crippen LogP contribution in [0.4, 0.5) is 5.69 Å². The number of aryl methyl sites for hydroxylation is 1. The van der Waals surface area contributed by atoms with Gasteiger partial charge >= 0.3 is 0 Å². The third kappa shape index (κ3) is 4.16. The number of anilines is 1. The number of nitrogens with zero attached hydrogens (tertiary/aromatic N) is 2. The van der Waals surface area contributed by atoms with Gasteiger partial charge < -0.3 is 10.3 Å². The van der Waals surface area contributed by atoms with Gasteiger partial charge in [0.2, 0.25) is 5.91 Å². The van der Waals surface area contributed by atoms with E-state index in [9.17, 15) is 4.79 Å². The van der Waals surface area contributed by atoms with Crippen molar-refractivity contribution in [2.24, 2.45) is 0 Å². The van der Waals surface area contributed by atoms with Gasteiger partial charge in [0.1, 0.15) is 5.51 Å². The Kier molecular flexibility index (Phi) is 5.15. The fourth-order valence-corrected chi connectivity index (χ4v) is 4.52. The second-order valence-electron chi connectivity index (χ2n) is 6.04. The summed E-state index contributed by atoms with van der Waals surface area (Å²) in [7, 11) is 0. The fraction of sp³-hybridized carbons (Fsp3) is 0.105. The Morgan fingerprint density at radius 3 is 2.96 bits per heavy atom. The number of rotatable bonds is 5. The number of carbonyl (C=O) groups is 1. The highest BCUT2D eigenvalue weighted by Crippen LogP contribution is 2.35. The second kappa shape index (κ2) is 7.72. The van der Waals surface area contributed by atoms with Gasteiger partial charge in [-0.3, -0.25) is 4.79 Å². The molecule has 0 atom stereocenters. The van der Waals surface area contributed by atoms with Crippen LogP contribution in [0, 0.1) is 6.92 Å². The van der Waals surface area contributed by atoms with Crippen molar-refractivity contribution in [3.8, 4) is 0 Å². The first kappa shape index (κ1) is 18.0. The molecule has 0 aliphatic rings. The van der Waals surface area contributed by atoms with Gasteiger partial charge in [0.05, 0.1) is 11.4 Å². The highest BCUT2D eigenvalue weighted by atomic mass is 35.5. The fourth-order valence-electron chi connectivity index (χ4n) is 2.79. The van der Waals surface area contributed by atoms with Gasteiger partial charge in [-0.25, -0.2) is 0 Å². The van der Waals surface area contributed by atoms with Crippen LogP contribution in [0.3, 0.4) is 0 Å². The van der Waals surface area contributed by atoms with Crippen LogP contribution in [-0.4, -0.2) is 21.1 Å². The molecular formula is C19H15ClN4OS2. The summed E-state index contributed by atoms with van der Waals surface area (Å²) in [6.45, 7) is 2.05. The van der Waals surface area contributed by atoms with Crippen molar-refractivity contribution in [2.45, 2.75) is 22.6 Å². The Labute approximate surface area is 169 Å². The third-order valence-corrected chi connectivity index (χ3v) is 6.31. The number of hydrogen-bond donors (Lipinski definition) is 2. The molecule has 0 saturated carbocycles. The van der Waals surface area contributed by atoms with Crippen molar-refractivity contribution in [1.82, 2.24) is 15.2 Å². The average molecular weight is 415 g/mol. The summed E-state index contributed by atoms with van der Waals surface area (Å²) in [4.78, 5) is 16.5. The van der Waals surface area contributed by atoms with Gasteiger partial charge in [-0.1, -0.05) is 46.8 Å². The molecule has 0 radical (unpaired) electrons. The number of fused-ring (bicyclic) bond motifs is 1. The first-order valence-electron chi connectivity index (χ1n) is 8.18. The lowest BCUT2D eigenvalue weighted by atomic mass is 10.1. The number of aromatic amines is 1. The second-order valence-corrected chi connectivity index (χ2v) is 8.57. The molecule has 5 nitrogen and oxygen atoms in total. The summed E-state index contributed by atoms with van der Waals surface area (Å²) >= 11 is 9.25. The third-order valence-electron chi connectivity index (χ3n) is 4.03. The van der Waals surface area contributed by atoms with E-state index < -0.39 is 0 Å². The van der Waals surface area contributed by atoms with Crippen LogP contribution < -0.4 is 5.32 Å². The first-order valence-corrected chi connectivity index (χ1v) is 10.3. The van der Waals surface area contributed by atoms with Crippen molar-refractivity contribution in [3.63, 3.8) is 0 Å². The molecule has 2 N–H and O–H groups in total. The largest absolute Gasteiger partial charge is 0.361 e. The van der Waals surface area contributed by atoms with Crippen molar-refractivity contribution in [2.75, 3.05) is 5.32 Å². The summed E-state index contributed by atoms with van der Waals surface area (Å²) in [5.41, 5.74) is 5.54. The lowest BCUT2D eigenvalue weighted by Crippen LogP contribution is -2.14. The summed E-state index contributed by atoms with van der Waals surface area (Å²) in [6.07, 6.45) is 2.18. The SMILES string of the molecule is Cc1ccc2c(CC(=O)Nc3ccc(Sc4nncs4)c(Cl)c3)c[nH]c2c1. The zero-order chi connectivity index (χ0) is 18.8. The van der Waals surface area contributed by atoms with Crippen molar-refractivity contribution in [3.05, 3.63) is 64.3 Å². The van der Waals surface area contributed by atoms with E-state index in [4.69, 9.17) is 11.6 Å². The Balaban J connectivity index is 1.45. The van der Waals surface area contributed by atoms with Gasteiger partial charge in [-0.2, -0.15) is 0 Å². The van der Waals surface area contributed by atoms with E-state index in [1.165, 1.54) is 28.7 Å². The molecule has 136 valence electrons. The Bertz CT molecular complexity index is 1110. The van der Waals surface area contributed by atoms with Gasteiger partial charge in [-0.15, -0.1) is 10.2 Å². The van der Waals surface area contributed by atoms with Crippen LogP contribution >= 0.6 is 34.7 Å². The molecule has 0 fully saturated rings. The van der Waals surface area contributed by atoms with Crippen LogP contribution in [0.1, 0.15) is 11.1 Å². The number of hydrogen-bond acceptors (Lipinski definition) is 5. The minimum Gasteiger partial charge on any atom is -0.361 e. The minimum atomic E-state index is -0.0860.